The van der Waals surface area contributed by atoms with Crippen molar-refractivity contribution in [2.45, 2.75) is 39.0 Å². The van der Waals surface area contributed by atoms with Crippen LogP contribution in [0.1, 0.15) is 49.4 Å². The number of carbonyl (C=O) groups excluding carboxylic acids is 2. The fraction of sp³-hybridized carbons (Fsp3) is 0.462. The lowest BCUT2D eigenvalue weighted by Gasteiger charge is -2.36. The van der Waals surface area contributed by atoms with Gasteiger partial charge in [-0.2, -0.15) is 0 Å². The van der Waals surface area contributed by atoms with Crippen LogP contribution >= 0.6 is 11.6 Å². The zero-order chi connectivity index (χ0) is 25.7. The molecule has 2 saturated heterocycles. The molecule has 0 spiro atoms. The second-order valence-electron chi connectivity index (χ2n) is 9.25. The maximum Gasteiger partial charge on any atom is 0.293 e. The molecule has 9 nitrogen and oxygen atoms in total. The van der Waals surface area contributed by atoms with Crippen LogP contribution in [0.3, 0.4) is 0 Å². The van der Waals surface area contributed by atoms with Gasteiger partial charge in [0.1, 0.15) is 5.69 Å². The summed E-state index contributed by atoms with van der Waals surface area (Å²) in [4.78, 5) is 42.3. The van der Waals surface area contributed by atoms with Gasteiger partial charge in [0.15, 0.2) is 0 Å². The second kappa shape index (κ2) is 11.6. The number of piperidine rings is 1. The third-order valence-electron chi connectivity index (χ3n) is 6.77. The van der Waals surface area contributed by atoms with Crippen molar-refractivity contribution in [2.75, 3.05) is 54.4 Å². The fourth-order valence-corrected chi connectivity index (χ4v) is 5.13. The zero-order valence-electron chi connectivity index (χ0n) is 20.5. The molecule has 2 aromatic rings. The number of benzene rings is 2. The van der Waals surface area contributed by atoms with Crippen LogP contribution in [0.15, 0.2) is 36.4 Å². The summed E-state index contributed by atoms with van der Waals surface area (Å²) < 4.78 is 0. The van der Waals surface area contributed by atoms with E-state index in [1.807, 2.05) is 22.8 Å². The van der Waals surface area contributed by atoms with Crippen LogP contribution in [-0.2, 0) is 4.79 Å². The predicted molar refractivity (Wildman–Crippen MR) is 142 cm³/mol. The molecule has 1 N–H and O–H groups in total. The van der Waals surface area contributed by atoms with E-state index < -0.39 is 10.8 Å². The molecule has 0 saturated carbocycles. The first-order chi connectivity index (χ1) is 17.4. The molecule has 2 aliphatic heterocycles. The number of carbonyl (C=O) groups is 2. The quantitative estimate of drug-likeness (QED) is 0.416. The highest BCUT2D eigenvalue weighted by Gasteiger charge is 2.24. The minimum absolute atomic E-state index is 0.0607. The summed E-state index contributed by atoms with van der Waals surface area (Å²) in [6.07, 6.45) is 4.54. The average Bonchev–Trinajstić information content (AvgIpc) is 2.89. The first-order valence-corrected chi connectivity index (χ1v) is 12.9. The Morgan fingerprint density at radius 2 is 1.61 bits per heavy atom. The number of hydrogen-bond acceptors (Lipinski definition) is 6. The minimum atomic E-state index is -0.435. The number of nitro groups is 1. The van der Waals surface area contributed by atoms with Crippen molar-refractivity contribution < 1.29 is 14.5 Å². The largest absolute Gasteiger partial charge is 0.367 e. The van der Waals surface area contributed by atoms with Crippen molar-refractivity contribution in [3.05, 3.63) is 57.1 Å². The van der Waals surface area contributed by atoms with Crippen molar-refractivity contribution in [1.29, 1.82) is 0 Å². The minimum Gasteiger partial charge on any atom is -0.367 e. The molecule has 0 aromatic heterocycles. The smallest absolute Gasteiger partial charge is 0.293 e. The monoisotopic (exact) mass is 513 g/mol. The first-order valence-electron chi connectivity index (χ1n) is 12.5. The van der Waals surface area contributed by atoms with Gasteiger partial charge in [-0.25, -0.2) is 0 Å². The van der Waals surface area contributed by atoms with Gasteiger partial charge >= 0.3 is 0 Å². The van der Waals surface area contributed by atoms with E-state index in [0.29, 0.717) is 49.0 Å². The van der Waals surface area contributed by atoms with Crippen molar-refractivity contribution in [3.63, 3.8) is 0 Å². The van der Waals surface area contributed by atoms with Crippen LogP contribution in [0.5, 0.6) is 0 Å². The highest BCUT2D eigenvalue weighted by molar-refractivity contribution is 6.33. The molecule has 2 amide bonds. The Kier molecular flexibility index (Phi) is 8.30. The Labute approximate surface area is 216 Å². The van der Waals surface area contributed by atoms with Crippen LogP contribution in [0.4, 0.5) is 22.7 Å². The number of amides is 2. The third kappa shape index (κ3) is 5.90. The van der Waals surface area contributed by atoms with E-state index in [4.69, 9.17) is 11.6 Å². The highest BCUT2D eigenvalue weighted by atomic mass is 35.5. The Hall–Kier alpha value is -3.33. The lowest BCUT2D eigenvalue weighted by molar-refractivity contribution is -0.384. The topological polar surface area (TPSA) is 99.0 Å². The highest BCUT2D eigenvalue weighted by Crippen LogP contribution is 2.33. The van der Waals surface area contributed by atoms with Crippen molar-refractivity contribution >= 4 is 46.2 Å². The molecule has 2 aliphatic rings. The molecule has 36 heavy (non-hydrogen) atoms. The zero-order valence-corrected chi connectivity index (χ0v) is 21.3. The summed E-state index contributed by atoms with van der Waals surface area (Å²) in [6, 6.07) is 9.93. The molecule has 0 unspecified atom stereocenters. The summed E-state index contributed by atoms with van der Waals surface area (Å²) >= 11 is 6.55. The fourth-order valence-electron chi connectivity index (χ4n) is 4.83. The Bertz CT molecular complexity index is 1130. The van der Waals surface area contributed by atoms with Gasteiger partial charge in [0.2, 0.25) is 5.91 Å². The number of piperazine rings is 1. The van der Waals surface area contributed by atoms with E-state index >= 15 is 0 Å². The van der Waals surface area contributed by atoms with Gasteiger partial charge in [-0.1, -0.05) is 18.5 Å². The summed E-state index contributed by atoms with van der Waals surface area (Å²) in [5.74, 6) is -0.249. The summed E-state index contributed by atoms with van der Waals surface area (Å²) in [7, 11) is 0. The molecule has 2 fully saturated rings. The van der Waals surface area contributed by atoms with E-state index in [1.165, 1.54) is 6.07 Å². The molecule has 0 bridgehead atoms. The van der Waals surface area contributed by atoms with Crippen LogP contribution in [0.2, 0.25) is 5.02 Å². The van der Waals surface area contributed by atoms with Gasteiger partial charge in [-0.05, 0) is 56.0 Å². The van der Waals surface area contributed by atoms with Gasteiger partial charge in [-0.15, -0.1) is 0 Å². The predicted octanol–water partition coefficient (Wildman–Crippen LogP) is 4.94. The van der Waals surface area contributed by atoms with Crippen LogP contribution in [-0.4, -0.2) is 60.9 Å². The molecule has 192 valence electrons. The summed E-state index contributed by atoms with van der Waals surface area (Å²) in [5.41, 5.74) is 2.07. The van der Waals surface area contributed by atoms with Gasteiger partial charge in [-0.3, -0.25) is 19.7 Å². The molecule has 2 aromatic carbocycles. The number of nitrogens with zero attached hydrogens (tertiary/aromatic N) is 4. The first kappa shape index (κ1) is 25.8. The lowest BCUT2D eigenvalue weighted by Crippen LogP contribution is -2.48. The number of halogens is 1. The molecule has 0 aliphatic carbocycles. The maximum absolute atomic E-state index is 12.9. The van der Waals surface area contributed by atoms with Crippen LogP contribution in [0.25, 0.3) is 0 Å². The van der Waals surface area contributed by atoms with E-state index in [0.717, 1.165) is 44.5 Å². The number of nitrogens with one attached hydrogen (secondary N) is 1. The summed E-state index contributed by atoms with van der Waals surface area (Å²) in [5, 5.41) is 15.0. The molecule has 4 rings (SSSR count). The van der Waals surface area contributed by atoms with Crippen LogP contribution < -0.4 is 15.1 Å². The van der Waals surface area contributed by atoms with E-state index in [-0.39, 0.29) is 17.2 Å². The van der Waals surface area contributed by atoms with Gasteiger partial charge < -0.3 is 20.0 Å². The molecule has 0 atom stereocenters. The van der Waals surface area contributed by atoms with Crippen LogP contribution in [0, 0.1) is 10.1 Å². The molecule has 2 heterocycles. The molecule has 0 radical (unpaired) electrons. The lowest BCUT2D eigenvalue weighted by atomic mass is 10.1. The molecular formula is C26H32ClN5O4. The summed E-state index contributed by atoms with van der Waals surface area (Å²) in [6.45, 7) is 6.24. The maximum atomic E-state index is 12.9. The molecular weight excluding hydrogens is 482 g/mol. The van der Waals surface area contributed by atoms with E-state index in [1.54, 1.807) is 24.3 Å². The van der Waals surface area contributed by atoms with Gasteiger partial charge in [0.25, 0.3) is 11.6 Å². The van der Waals surface area contributed by atoms with Crippen molar-refractivity contribution in [3.8, 4) is 0 Å². The Balaban J connectivity index is 1.42. The second-order valence-corrected chi connectivity index (χ2v) is 9.65. The van der Waals surface area contributed by atoms with E-state index in [9.17, 15) is 19.7 Å². The normalized spacial score (nSPS) is 16.1. The van der Waals surface area contributed by atoms with Crippen molar-refractivity contribution in [1.82, 2.24) is 4.90 Å². The molecule has 10 heteroatoms. The van der Waals surface area contributed by atoms with Crippen molar-refractivity contribution in [2.24, 2.45) is 0 Å². The van der Waals surface area contributed by atoms with Gasteiger partial charge in [0, 0.05) is 63.0 Å². The standard InChI is InChI=1S/C26H32ClN5O4/c1-2-6-25(33)31-15-13-30(14-16-31)22-10-8-20(18-21(22)27)28-26(34)19-7-9-23(24(17-19)32(35)36)29-11-4-3-5-12-29/h7-10,17-18H,2-6,11-16H2,1H3,(H,28,34). The Morgan fingerprint density at radius 1 is 0.944 bits per heavy atom. The van der Waals surface area contributed by atoms with E-state index in [2.05, 4.69) is 10.2 Å². The number of hydrogen-bond donors (Lipinski definition) is 1. The Morgan fingerprint density at radius 3 is 2.25 bits per heavy atom. The number of nitro benzene ring substituents is 1. The van der Waals surface area contributed by atoms with Gasteiger partial charge in [0.05, 0.1) is 15.6 Å². The number of anilines is 3. The third-order valence-corrected chi connectivity index (χ3v) is 7.08. The number of rotatable bonds is 7. The SMILES string of the molecule is CCCC(=O)N1CCN(c2ccc(NC(=O)c3ccc(N4CCCCC4)c([N+](=O)[O-])c3)cc2Cl)CC1. The average molecular weight is 514 g/mol.